The van der Waals surface area contributed by atoms with Crippen LogP contribution in [0.25, 0.3) is 10.8 Å². The van der Waals surface area contributed by atoms with Gasteiger partial charge in [0.05, 0.1) is 0 Å². The fourth-order valence-corrected chi connectivity index (χ4v) is 1.31. The highest BCUT2D eigenvalue weighted by Crippen LogP contribution is 2.14. The summed E-state index contributed by atoms with van der Waals surface area (Å²) in [6.45, 7) is 2.12. The van der Waals surface area contributed by atoms with Crippen LogP contribution in [-0.2, 0) is 0 Å². The molecule has 0 unspecified atom stereocenters. The SMILES string of the molecule is CN.Cc1ccc2ccccc2c1. The Bertz CT molecular complexity index is 380. The molecule has 2 aromatic rings. The van der Waals surface area contributed by atoms with Crippen LogP contribution in [-0.4, -0.2) is 7.05 Å². The van der Waals surface area contributed by atoms with Crippen LogP contribution in [0.15, 0.2) is 42.5 Å². The summed E-state index contributed by atoms with van der Waals surface area (Å²) in [5, 5.41) is 2.64. The summed E-state index contributed by atoms with van der Waals surface area (Å²) in [6.07, 6.45) is 0. The van der Waals surface area contributed by atoms with E-state index in [-0.39, 0.29) is 0 Å². The van der Waals surface area contributed by atoms with Crippen molar-refractivity contribution >= 4 is 10.8 Å². The quantitative estimate of drug-likeness (QED) is 0.651. The van der Waals surface area contributed by atoms with Crippen molar-refractivity contribution in [3.05, 3.63) is 48.0 Å². The van der Waals surface area contributed by atoms with Crippen LogP contribution in [0, 0.1) is 6.92 Å². The van der Waals surface area contributed by atoms with E-state index in [2.05, 4.69) is 55.1 Å². The van der Waals surface area contributed by atoms with Crippen LogP contribution in [0.1, 0.15) is 5.56 Å². The minimum atomic E-state index is 1.32. The summed E-state index contributed by atoms with van der Waals surface area (Å²) in [5.41, 5.74) is 5.82. The molecule has 2 aromatic carbocycles. The lowest BCUT2D eigenvalue weighted by atomic mass is 10.1. The first kappa shape index (κ1) is 9.75. The fourth-order valence-electron chi connectivity index (χ4n) is 1.31. The number of fused-ring (bicyclic) bond motifs is 1. The van der Waals surface area contributed by atoms with Crippen molar-refractivity contribution < 1.29 is 0 Å². The van der Waals surface area contributed by atoms with Gasteiger partial charge in [0.2, 0.25) is 0 Å². The zero-order chi connectivity index (χ0) is 9.68. The van der Waals surface area contributed by atoms with Crippen LogP contribution in [0.2, 0.25) is 0 Å². The predicted molar refractivity (Wildman–Crippen MR) is 58.8 cm³/mol. The van der Waals surface area contributed by atoms with E-state index >= 15 is 0 Å². The smallest absolute Gasteiger partial charge is 0.0181 e. The molecule has 0 heterocycles. The third kappa shape index (κ3) is 2.30. The average Bonchev–Trinajstić information content (AvgIpc) is 2.21. The third-order valence-corrected chi connectivity index (χ3v) is 1.90. The summed E-state index contributed by atoms with van der Waals surface area (Å²) in [6, 6.07) is 14.9. The summed E-state index contributed by atoms with van der Waals surface area (Å²) >= 11 is 0. The Morgan fingerprint density at radius 1 is 0.846 bits per heavy atom. The minimum absolute atomic E-state index is 1.32. The van der Waals surface area contributed by atoms with Gasteiger partial charge in [0.15, 0.2) is 0 Å². The number of aryl methyl sites for hydroxylation is 1. The second-order valence-electron chi connectivity index (χ2n) is 2.85. The molecule has 2 rings (SSSR count). The summed E-state index contributed by atoms with van der Waals surface area (Å²) in [7, 11) is 1.50. The fraction of sp³-hybridized carbons (Fsp3) is 0.167. The highest BCUT2D eigenvalue weighted by molar-refractivity contribution is 5.82. The Balaban J connectivity index is 0.000000396. The van der Waals surface area contributed by atoms with E-state index in [0.29, 0.717) is 0 Å². The molecule has 0 spiro atoms. The molecule has 68 valence electrons. The van der Waals surface area contributed by atoms with E-state index < -0.39 is 0 Å². The summed E-state index contributed by atoms with van der Waals surface area (Å²) < 4.78 is 0. The van der Waals surface area contributed by atoms with Gasteiger partial charge >= 0.3 is 0 Å². The lowest BCUT2D eigenvalue weighted by Crippen LogP contribution is -1.73. The van der Waals surface area contributed by atoms with Crippen molar-refractivity contribution in [1.29, 1.82) is 0 Å². The van der Waals surface area contributed by atoms with Gasteiger partial charge in [-0.25, -0.2) is 0 Å². The number of hydrogen-bond donors (Lipinski definition) is 1. The Hall–Kier alpha value is -1.34. The Kier molecular flexibility index (Phi) is 3.47. The van der Waals surface area contributed by atoms with E-state index in [9.17, 15) is 0 Å². The van der Waals surface area contributed by atoms with Gasteiger partial charge in [0, 0.05) is 0 Å². The maximum Gasteiger partial charge on any atom is -0.0181 e. The first-order chi connectivity index (χ1) is 6.36. The highest BCUT2D eigenvalue weighted by Gasteiger charge is 1.89. The molecule has 0 aliphatic heterocycles. The second-order valence-corrected chi connectivity index (χ2v) is 2.85. The van der Waals surface area contributed by atoms with Crippen LogP contribution >= 0.6 is 0 Å². The van der Waals surface area contributed by atoms with Crippen molar-refractivity contribution in [2.45, 2.75) is 6.92 Å². The van der Waals surface area contributed by atoms with Crippen molar-refractivity contribution in [3.8, 4) is 0 Å². The van der Waals surface area contributed by atoms with E-state index in [4.69, 9.17) is 0 Å². The maximum absolute atomic E-state index is 4.50. The molecule has 0 aliphatic rings. The van der Waals surface area contributed by atoms with Gasteiger partial charge in [0.1, 0.15) is 0 Å². The molecule has 1 heteroatoms. The van der Waals surface area contributed by atoms with Gasteiger partial charge in [-0.05, 0) is 24.7 Å². The molecule has 0 aliphatic carbocycles. The molecule has 2 N–H and O–H groups in total. The zero-order valence-corrected chi connectivity index (χ0v) is 8.12. The topological polar surface area (TPSA) is 26.0 Å². The molecule has 0 saturated carbocycles. The largest absolute Gasteiger partial charge is 0.333 e. The molecule has 1 nitrogen and oxygen atoms in total. The Labute approximate surface area is 79.2 Å². The predicted octanol–water partition coefficient (Wildman–Crippen LogP) is 2.72. The van der Waals surface area contributed by atoms with Gasteiger partial charge in [0.25, 0.3) is 0 Å². The first-order valence-electron chi connectivity index (χ1n) is 4.39. The molecule has 0 bridgehead atoms. The Morgan fingerprint density at radius 3 is 2.15 bits per heavy atom. The maximum atomic E-state index is 4.50. The van der Waals surface area contributed by atoms with E-state index in [0.717, 1.165) is 0 Å². The molecule has 0 saturated heterocycles. The molecule has 0 radical (unpaired) electrons. The number of hydrogen-bond acceptors (Lipinski definition) is 1. The van der Waals surface area contributed by atoms with Crippen LogP contribution < -0.4 is 5.73 Å². The van der Waals surface area contributed by atoms with Crippen molar-refractivity contribution in [2.75, 3.05) is 7.05 Å². The summed E-state index contributed by atoms with van der Waals surface area (Å²) in [4.78, 5) is 0. The number of nitrogens with two attached hydrogens (primary N) is 1. The number of rotatable bonds is 0. The average molecular weight is 173 g/mol. The number of benzene rings is 2. The standard InChI is InChI=1S/C11H10.CH5N/c1-9-6-7-10-4-2-3-5-11(10)8-9;1-2/h2-8H,1H3;2H2,1H3. The normalized spacial score (nSPS) is 9.15. The van der Waals surface area contributed by atoms with Crippen molar-refractivity contribution in [2.24, 2.45) is 5.73 Å². The minimum Gasteiger partial charge on any atom is -0.333 e. The molecular formula is C12H15N. The lowest BCUT2D eigenvalue weighted by molar-refractivity contribution is 1.48. The molecule has 0 atom stereocenters. The zero-order valence-electron chi connectivity index (χ0n) is 8.12. The molecular weight excluding hydrogens is 158 g/mol. The lowest BCUT2D eigenvalue weighted by Gasteiger charge is -1.96. The summed E-state index contributed by atoms with van der Waals surface area (Å²) in [5.74, 6) is 0. The molecule has 0 aromatic heterocycles. The van der Waals surface area contributed by atoms with Gasteiger partial charge in [-0.3, -0.25) is 0 Å². The van der Waals surface area contributed by atoms with Crippen LogP contribution in [0.5, 0.6) is 0 Å². The first-order valence-corrected chi connectivity index (χ1v) is 4.39. The van der Waals surface area contributed by atoms with Crippen LogP contribution in [0.4, 0.5) is 0 Å². The second kappa shape index (κ2) is 4.63. The van der Waals surface area contributed by atoms with Crippen molar-refractivity contribution in [1.82, 2.24) is 0 Å². The van der Waals surface area contributed by atoms with Crippen LogP contribution in [0.3, 0.4) is 0 Å². The third-order valence-electron chi connectivity index (χ3n) is 1.90. The van der Waals surface area contributed by atoms with E-state index in [1.165, 1.54) is 23.4 Å². The van der Waals surface area contributed by atoms with Gasteiger partial charge in [-0.1, -0.05) is 48.0 Å². The monoisotopic (exact) mass is 173 g/mol. The van der Waals surface area contributed by atoms with Gasteiger partial charge in [-0.15, -0.1) is 0 Å². The molecule has 13 heavy (non-hydrogen) atoms. The van der Waals surface area contributed by atoms with E-state index in [1.54, 1.807) is 0 Å². The molecule has 0 fully saturated rings. The highest BCUT2D eigenvalue weighted by atomic mass is 14.4. The van der Waals surface area contributed by atoms with Crippen molar-refractivity contribution in [3.63, 3.8) is 0 Å². The Morgan fingerprint density at radius 2 is 1.46 bits per heavy atom. The van der Waals surface area contributed by atoms with E-state index in [1.807, 2.05) is 0 Å². The van der Waals surface area contributed by atoms with Gasteiger partial charge < -0.3 is 5.73 Å². The van der Waals surface area contributed by atoms with Gasteiger partial charge in [-0.2, -0.15) is 0 Å². The molecule has 0 amide bonds.